The Balaban J connectivity index is 4.59. The molecular formula is C12H21NO5. The van der Waals surface area contributed by atoms with E-state index in [0.29, 0.717) is 0 Å². The van der Waals surface area contributed by atoms with Crippen molar-refractivity contribution >= 4 is 17.8 Å². The summed E-state index contributed by atoms with van der Waals surface area (Å²) < 4.78 is 5.02. The fraction of sp³-hybridized carbons (Fsp3) is 0.750. The number of aliphatic carboxylic acids is 1. The summed E-state index contributed by atoms with van der Waals surface area (Å²) in [4.78, 5) is 33.7. The van der Waals surface area contributed by atoms with E-state index in [1.807, 2.05) is 0 Å². The SMILES string of the molecule is CC(C)[C@H](NC(=O)OC(C)(C)C)C(=O)CC(=O)O. The molecule has 2 N–H and O–H groups in total. The predicted octanol–water partition coefficient (Wildman–Crippen LogP) is 1.58. The molecule has 6 heteroatoms. The van der Waals surface area contributed by atoms with E-state index in [1.54, 1.807) is 34.6 Å². The topological polar surface area (TPSA) is 92.7 Å². The standard InChI is InChI=1S/C12H21NO5/c1-7(2)10(8(14)6-9(15)16)13-11(17)18-12(3,4)5/h7,10H,6H2,1-5H3,(H,13,17)(H,15,16)/t10-/m0/s1. The second kappa shape index (κ2) is 6.37. The Kier molecular flexibility index (Phi) is 5.81. The second-order valence-electron chi connectivity index (χ2n) is 5.40. The van der Waals surface area contributed by atoms with Crippen molar-refractivity contribution in [2.45, 2.75) is 52.7 Å². The Hall–Kier alpha value is -1.59. The largest absolute Gasteiger partial charge is 0.481 e. The molecule has 1 atom stereocenters. The molecule has 0 bridgehead atoms. The number of rotatable bonds is 5. The number of Topliss-reactive ketones (excluding diaryl/α,β-unsaturated/α-hetero) is 1. The molecule has 0 radical (unpaired) electrons. The number of carboxylic acid groups (broad SMARTS) is 1. The molecule has 18 heavy (non-hydrogen) atoms. The van der Waals surface area contributed by atoms with Gasteiger partial charge in [0.25, 0.3) is 0 Å². The molecule has 0 rings (SSSR count). The van der Waals surface area contributed by atoms with Crippen LogP contribution in [0, 0.1) is 5.92 Å². The number of alkyl carbamates (subject to hydrolysis) is 1. The van der Waals surface area contributed by atoms with Crippen molar-refractivity contribution in [3.63, 3.8) is 0 Å². The van der Waals surface area contributed by atoms with Crippen molar-refractivity contribution in [2.75, 3.05) is 0 Å². The van der Waals surface area contributed by atoms with Gasteiger partial charge in [0.2, 0.25) is 0 Å². The third-order valence-corrected chi connectivity index (χ3v) is 2.01. The molecule has 6 nitrogen and oxygen atoms in total. The Labute approximate surface area is 107 Å². The number of hydrogen-bond donors (Lipinski definition) is 2. The first kappa shape index (κ1) is 16.4. The van der Waals surface area contributed by atoms with Crippen molar-refractivity contribution in [1.82, 2.24) is 5.32 Å². The zero-order valence-electron chi connectivity index (χ0n) is 11.4. The van der Waals surface area contributed by atoms with Crippen molar-refractivity contribution in [3.8, 4) is 0 Å². The molecule has 0 saturated carbocycles. The number of amides is 1. The Morgan fingerprint density at radius 1 is 1.22 bits per heavy atom. The average Bonchev–Trinajstić information content (AvgIpc) is 2.09. The molecule has 0 heterocycles. The smallest absolute Gasteiger partial charge is 0.408 e. The van der Waals surface area contributed by atoms with E-state index in [9.17, 15) is 14.4 Å². The van der Waals surface area contributed by atoms with Crippen molar-refractivity contribution in [2.24, 2.45) is 5.92 Å². The van der Waals surface area contributed by atoms with Gasteiger partial charge in [0.1, 0.15) is 12.0 Å². The molecule has 104 valence electrons. The van der Waals surface area contributed by atoms with Gasteiger partial charge in [0.15, 0.2) is 5.78 Å². The van der Waals surface area contributed by atoms with E-state index in [-0.39, 0.29) is 5.92 Å². The summed E-state index contributed by atoms with van der Waals surface area (Å²) in [5.41, 5.74) is -0.665. The van der Waals surface area contributed by atoms with Gasteiger partial charge in [-0.05, 0) is 26.7 Å². The first-order chi connectivity index (χ1) is 8.03. The maximum Gasteiger partial charge on any atom is 0.408 e. The fourth-order valence-electron chi connectivity index (χ4n) is 1.31. The van der Waals surface area contributed by atoms with Gasteiger partial charge >= 0.3 is 12.1 Å². The lowest BCUT2D eigenvalue weighted by molar-refractivity contribution is -0.141. The van der Waals surface area contributed by atoms with Crippen LogP contribution in [0.3, 0.4) is 0 Å². The summed E-state index contributed by atoms with van der Waals surface area (Å²) >= 11 is 0. The van der Waals surface area contributed by atoms with Crippen molar-refractivity contribution < 1.29 is 24.2 Å². The van der Waals surface area contributed by atoms with E-state index >= 15 is 0 Å². The van der Waals surface area contributed by atoms with Crippen LogP contribution in [0.15, 0.2) is 0 Å². The van der Waals surface area contributed by atoms with Crippen LogP contribution >= 0.6 is 0 Å². The zero-order chi connectivity index (χ0) is 14.5. The lowest BCUT2D eigenvalue weighted by Gasteiger charge is -2.24. The van der Waals surface area contributed by atoms with Crippen LogP contribution < -0.4 is 5.32 Å². The number of carbonyl (C=O) groups is 3. The summed E-state index contributed by atoms with van der Waals surface area (Å²) in [6, 6.07) is -0.851. The van der Waals surface area contributed by atoms with Crippen LogP contribution in [0.1, 0.15) is 41.0 Å². The number of carboxylic acids is 1. The molecular weight excluding hydrogens is 238 g/mol. The summed E-state index contributed by atoms with van der Waals surface area (Å²) in [6.45, 7) is 8.56. The molecule has 1 amide bonds. The lowest BCUT2D eigenvalue weighted by atomic mass is 9.98. The minimum atomic E-state index is -1.21. The maximum atomic E-state index is 11.6. The number of ether oxygens (including phenoxy) is 1. The van der Waals surface area contributed by atoms with Crippen LogP contribution in [0.25, 0.3) is 0 Å². The van der Waals surface area contributed by atoms with Gasteiger partial charge < -0.3 is 15.2 Å². The average molecular weight is 259 g/mol. The molecule has 0 saturated heterocycles. The van der Waals surface area contributed by atoms with E-state index in [4.69, 9.17) is 9.84 Å². The second-order valence-corrected chi connectivity index (χ2v) is 5.40. The molecule has 0 aromatic carbocycles. The molecule has 0 aromatic heterocycles. The normalized spacial score (nSPS) is 13.0. The van der Waals surface area contributed by atoms with Gasteiger partial charge in [-0.25, -0.2) is 4.79 Å². The predicted molar refractivity (Wildman–Crippen MR) is 65.3 cm³/mol. The van der Waals surface area contributed by atoms with Gasteiger partial charge in [-0.3, -0.25) is 9.59 Å². The van der Waals surface area contributed by atoms with Crippen LogP contribution in [0.5, 0.6) is 0 Å². The minimum Gasteiger partial charge on any atom is -0.481 e. The summed E-state index contributed by atoms with van der Waals surface area (Å²) in [6.07, 6.45) is -1.33. The number of ketones is 1. The highest BCUT2D eigenvalue weighted by molar-refractivity contribution is 5.99. The van der Waals surface area contributed by atoms with E-state index in [1.165, 1.54) is 0 Å². The third kappa shape index (κ3) is 6.88. The minimum absolute atomic E-state index is 0.204. The van der Waals surface area contributed by atoms with E-state index in [0.717, 1.165) is 0 Å². The zero-order valence-corrected chi connectivity index (χ0v) is 11.4. The number of carbonyl (C=O) groups excluding carboxylic acids is 2. The van der Waals surface area contributed by atoms with Crippen LogP contribution in [0.4, 0.5) is 4.79 Å². The molecule has 0 aliphatic heterocycles. The van der Waals surface area contributed by atoms with Crippen molar-refractivity contribution in [3.05, 3.63) is 0 Å². The van der Waals surface area contributed by atoms with Gasteiger partial charge in [-0.2, -0.15) is 0 Å². The van der Waals surface area contributed by atoms with Crippen LogP contribution in [-0.2, 0) is 14.3 Å². The fourth-order valence-corrected chi connectivity index (χ4v) is 1.31. The Bertz CT molecular complexity index is 330. The molecule has 0 aromatic rings. The van der Waals surface area contributed by atoms with E-state index in [2.05, 4.69) is 5.32 Å². The van der Waals surface area contributed by atoms with Crippen molar-refractivity contribution in [1.29, 1.82) is 0 Å². The molecule has 0 fully saturated rings. The Morgan fingerprint density at radius 3 is 2.06 bits per heavy atom. The van der Waals surface area contributed by atoms with E-state index < -0.39 is 35.9 Å². The Morgan fingerprint density at radius 2 is 1.72 bits per heavy atom. The van der Waals surface area contributed by atoms with Gasteiger partial charge in [0.05, 0.1) is 6.04 Å². The molecule has 0 spiro atoms. The quantitative estimate of drug-likeness (QED) is 0.731. The van der Waals surface area contributed by atoms with Gasteiger partial charge in [-0.15, -0.1) is 0 Å². The van der Waals surface area contributed by atoms with Crippen LogP contribution in [0.2, 0.25) is 0 Å². The molecule has 0 aliphatic carbocycles. The summed E-state index contributed by atoms with van der Waals surface area (Å²) in [7, 11) is 0. The first-order valence-corrected chi connectivity index (χ1v) is 5.77. The maximum absolute atomic E-state index is 11.6. The number of hydrogen-bond acceptors (Lipinski definition) is 4. The highest BCUT2D eigenvalue weighted by Crippen LogP contribution is 2.10. The lowest BCUT2D eigenvalue weighted by Crippen LogP contribution is -2.46. The molecule has 0 unspecified atom stereocenters. The highest BCUT2D eigenvalue weighted by atomic mass is 16.6. The van der Waals surface area contributed by atoms with Gasteiger partial charge in [0, 0.05) is 0 Å². The highest BCUT2D eigenvalue weighted by Gasteiger charge is 2.27. The monoisotopic (exact) mass is 259 g/mol. The van der Waals surface area contributed by atoms with Gasteiger partial charge in [-0.1, -0.05) is 13.8 Å². The summed E-state index contributed by atoms with van der Waals surface area (Å²) in [5, 5.41) is 11.0. The third-order valence-electron chi connectivity index (χ3n) is 2.01. The first-order valence-electron chi connectivity index (χ1n) is 5.77. The molecule has 0 aliphatic rings. The number of nitrogens with one attached hydrogen (secondary N) is 1. The summed E-state index contributed by atoms with van der Waals surface area (Å²) in [5.74, 6) is -1.95. The van der Waals surface area contributed by atoms with Crippen LogP contribution in [-0.4, -0.2) is 34.6 Å².